The number of nitrogens with zero attached hydrogens (tertiary/aromatic N) is 2. The van der Waals surface area contributed by atoms with Crippen molar-refractivity contribution in [2.24, 2.45) is 0 Å². The molecule has 0 radical (unpaired) electrons. The lowest BCUT2D eigenvalue weighted by atomic mass is 9.96. The maximum atomic E-state index is 12.8. The maximum Gasteiger partial charge on any atom is 0.241 e. The van der Waals surface area contributed by atoms with Gasteiger partial charge in [-0.25, -0.2) is 4.98 Å². The van der Waals surface area contributed by atoms with Gasteiger partial charge in [0, 0.05) is 24.2 Å². The molecule has 1 saturated heterocycles. The molecule has 0 spiro atoms. The SMILES string of the molecule is CC(C(=O)Nc1ccc2c(c1)OCO2)N1CCCC(c2nc3ccccc3o2)C1. The zero-order valence-electron chi connectivity index (χ0n) is 16.3. The van der Waals surface area contributed by atoms with Gasteiger partial charge in [-0.2, -0.15) is 0 Å². The van der Waals surface area contributed by atoms with E-state index in [1.165, 1.54) is 0 Å². The van der Waals surface area contributed by atoms with Gasteiger partial charge in [-0.05, 0) is 50.6 Å². The van der Waals surface area contributed by atoms with Crippen LogP contribution in [0.5, 0.6) is 11.5 Å². The van der Waals surface area contributed by atoms with Crippen LogP contribution in [0.3, 0.4) is 0 Å². The normalized spacial score (nSPS) is 20.0. The number of carbonyl (C=O) groups is 1. The largest absolute Gasteiger partial charge is 0.454 e. The van der Waals surface area contributed by atoms with Crippen LogP contribution in [0.4, 0.5) is 5.69 Å². The first-order valence-electron chi connectivity index (χ1n) is 9.97. The Morgan fingerprint density at radius 3 is 2.97 bits per heavy atom. The molecule has 0 saturated carbocycles. The van der Waals surface area contributed by atoms with Gasteiger partial charge in [-0.3, -0.25) is 9.69 Å². The monoisotopic (exact) mass is 393 g/mol. The van der Waals surface area contributed by atoms with Crippen LogP contribution in [-0.2, 0) is 4.79 Å². The van der Waals surface area contributed by atoms with Crippen molar-refractivity contribution in [2.45, 2.75) is 31.7 Å². The first-order valence-corrected chi connectivity index (χ1v) is 9.97. The van der Waals surface area contributed by atoms with Crippen molar-refractivity contribution >= 4 is 22.7 Å². The summed E-state index contributed by atoms with van der Waals surface area (Å²) in [5, 5.41) is 2.99. The van der Waals surface area contributed by atoms with Crippen LogP contribution in [0.25, 0.3) is 11.1 Å². The molecule has 0 bridgehead atoms. The van der Waals surface area contributed by atoms with E-state index in [-0.39, 0.29) is 24.7 Å². The van der Waals surface area contributed by atoms with E-state index in [1.54, 1.807) is 6.07 Å². The summed E-state index contributed by atoms with van der Waals surface area (Å²) in [4.78, 5) is 19.7. The molecule has 1 N–H and O–H groups in total. The summed E-state index contributed by atoms with van der Waals surface area (Å²) in [5.41, 5.74) is 2.40. The van der Waals surface area contributed by atoms with Gasteiger partial charge >= 0.3 is 0 Å². The Morgan fingerprint density at radius 1 is 1.21 bits per heavy atom. The summed E-state index contributed by atoms with van der Waals surface area (Å²) in [6, 6.07) is 13.0. The summed E-state index contributed by atoms with van der Waals surface area (Å²) < 4.78 is 16.7. The van der Waals surface area contributed by atoms with E-state index in [4.69, 9.17) is 13.9 Å². The van der Waals surface area contributed by atoms with Gasteiger partial charge < -0.3 is 19.2 Å². The molecule has 3 aromatic rings. The summed E-state index contributed by atoms with van der Waals surface area (Å²) in [7, 11) is 0. The molecule has 7 heteroatoms. The molecule has 2 aliphatic heterocycles. The molecule has 150 valence electrons. The highest BCUT2D eigenvalue weighted by molar-refractivity contribution is 5.94. The van der Waals surface area contributed by atoms with Crippen molar-refractivity contribution in [1.82, 2.24) is 9.88 Å². The summed E-state index contributed by atoms with van der Waals surface area (Å²) in [6.45, 7) is 3.79. The lowest BCUT2D eigenvalue weighted by molar-refractivity contribution is -0.121. The summed E-state index contributed by atoms with van der Waals surface area (Å²) in [6.07, 6.45) is 2.02. The number of ether oxygens (including phenoxy) is 2. The Balaban J connectivity index is 1.26. The molecule has 7 nitrogen and oxygen atoms in total. The van der Waals surface area contributed by atoms with E-state index in [0.29, 0.717) is 17.2 Å². The Bertz CT molecular complexity index is 1010. The molecule has 0 aliphatic carbocycles. The quantitative estimate of drug-likeness (QED) is 0.727. The van der Waals surface area contributed by atoms with Gasteiger partial charge in [0.1, 0.15) is 5.52 Å². The van der Waals surface area contributed by atoms with E-state index < -0.39 is 0 Å². The van der Waals surface area contributed by atoms with Crippen molar-refractivity contribution in [3.05, 3.63) is 48.4 Å². The van der Waals surface area contributed by atoms with Crippen LogP contribution in [-0.4, -0.2) is 41.7 Å². The van der Waals surface area contributed by atoms with E-state index in [1.807, 2.05) is 43.3 Å². The lowest BCUT2D eigenvalue weighted by Gasteiger charge is -2.34. The van der Waals surface area contributed by atoms with Crippen molar-refractivity contribution in [2.75, 3.05) is 25.2 Å². The number of anilines is 1. The van der Waals surface area contributed by atoms with Crippen molar-refractivity contribution in [1.29, 1.82) is 0 Å². The van der Waals surface area contributed by atoms with Gasteiger partial charge in [0.25, 0.3) is 0 Å². The standard InChI is InChI=1S/C22H23N3O4/c1-14(21(26)23-16-8-9-19-20(11-16)28-13-27-19)25-10-4-5-15(12-25)22-24-17-6-2-3-7-18(17)29-22/h2-3,6-9,11,14-15H,4-5,10,12-13H2,1H3,(H,23,26). The second-order valence-corrected chi connectivity index (χ2v) is 7.59. The second kappa shape index (κ2) is 7.40. The second-order valence-electron chi connectivity index (χ2n) is 7.59. The maximum absolute atomic E-state index is 12.8. The Hall–Kier alpha value is -3.06. The highest BCUT2D eigenvalue weighted by Gasteiger charge is 2.30. The van der Waals surface area contributed by atoms with Crippen molar-refractivity contribution < 1.29 is 18.7 Å². The van der Waals surface area contributed by atoms with Gasteiger partial charge in [-0.1, -0.05) is 12.1 Å². The number of para-hydroxylation sites is 2. The third kappa shape index (κ3) is 3.53. The molecule has 2 aromatic carbocycles. The smallest absolute Gasteiger partial charge is 0.241 e. The number of nitrogens with one attached hydrogen (secondary N) is 1. The number of hydrogen-bond acceptors (Lipinski definition) is 6. The predicted molar refractivity (Wildman–Crippen MR) is 108 cm³/mol. The molecule has 1 amide bonds. The molecule has 2 unspecified atom stereocenters. The number of benzene rings is 2. The minimum atomic E-state index is -0.257. The number of amides is 1. The topological polar surface area (TPSA) is 76.8 Å². The van der Waals surface area contributed by atoms with Crippen LogP contribution in [0.1, 0.15) is 31.6 Å². The number of aromatic nitrogens is 1. The number of oxazole rings is 1. The molecular formula is C22H23N3O4. The number of likely N-dealkylation sites (tertiary alicyclic amines) is 1. The van der Waals surface area contributed by atoms with Crippen LogP contribution in [0.15, 0.2) is 46.9 Å². The Kier molecular flexibility index (Phi) is 4.60. The van der Waals surface area contributed by atoms with E-state index in [0.717, 1.165) is 42.9 Å². The van der Waals surface area contributed by atoms with Crippen LogP contribution < -0.4 is 14.8 Å². The average Bonchev–Trinajstić information content (AvgIpc) is 3.39. The minimum absolute atomic E-state index is 0.0397. The van der Waals surface area contributed by atoms with E-state index in [2.05, 4.69) is 15.2 Å². The molecule has 3 heterocycles. The fourth-order valence-electron chi connectivity index (χ4n) is 4.01. The lowest BCUT2D eigenvalue weighted by Crippen LogP contribution is -2.46. The summed E-state index contributed by atoms with van der Waals surface area (Å²) in [5.74, 6) is 2.27. The minimum Gasteiger partial charge on any atom is -0.454 e. The molecule has 1 fully saturated rings. The number of piperidine rings is 1. The van der Waals surface area contributed by atoms with Gasteiger partial charge in [0.15, 0.2) is 23.0 Å². The first kappa shape index (κ1) is 18.0. The predicted octanol–water partition coefficient (Wildman–Crippen LogP) is 3.76. The highest BCUT2D eigenvalue weighted by Crippen LogP contribution is 2.34. The fraction of sp³-hybridized carbons (Fsp3) is 0.364. The van der Waals surface area contributed by atoms with E-state index >= 15 is 0 Å². The highest BCUT2D eigenvalue weighted by atomic mass is 16.7. The van der Waals surface area contributed by atoms with Gasteiger partial charge in [0.05, 0.1) is 6.04 Å². The number of carbonyl (C=O) groups excluding carboxylic acids is 1. The van der Waals surface area contributed by atoms with E-state index in [9.17, 15) is 4.79 Å². The van der Waals surface area contributed by atoms with Crippen LogP contribution in [0.2, 0.25) is 0 Å². The molecule has 2 aliphatic rings. The third-order valence-corrected chi connectivity index (χ3v) is 5.68. The number of hydrogen-bond donors (Lipinski definition) is 1. The van der Waals surface area contributed by atoms with Gasteiger partial charge in [0.2, 0.25) is 12.7 Å². The van der Waals surface area contributed by atoms with Crippen molar-refractivity contribution in [3.8, 4) is 11.5 Å². The number of fused-ring (bicyclic) bond motifs is 2. The first-order chi connectivity index (χ1) is 14.2. The molecule has 2 atom stereocenters. The zero-order chi connectivity index (χ0) is 19.8. The Labute approximate surface area is 168 Å². The van der Waals surface area contributed by atoms with Crippen LogP contribution >= 0.6 is 0 Å². The third-order valence-electron chi connectivity index (χ3n) is 5.68. The average molecular weight is 393 g/mol. The molecule has 1 aromatic heterocycles. The molecule has 5 rings (SSSR count). The number of rotatable bonds is 4. The fourth-order valence-corrected chi connectivity index (χ4v) is 4.01. The van der Waals surface area contributed by atoms with Gasteiger partial charge in [-0.15, -0.1) is 0 Å². The Morgan fingerprint density at radius 2 is 2.07 bits per heavy atom. The molecular weight excluding hydrogens is 370 g/mol. The summed E-state index contributed by atoms with van der Waals surface area (Å²) >= 11 is 0. The van der Waals surface area contributed by atoms with Crippen molar-refractivity contribution in [3.63, 3.8) is 0 Å². The van der Waals surface area contributed by atoms with Crippen LogP contribution in [0, 0.1) is 0 Å². The zero-order valence-corrected chi connectivity index (χ0v) is 16.3. The molecule has 29 heavy (non-hydrogen) atoms.